The molecule has 0 aromatic heterocycles. The highest BCUT2D eigenvalue weighted by atomic mass is 32.2. The van der Waals surface area contributed by atoms with Crippen molar-refractivity contribution in [1.29, 1.82) is 0 Å². The first kappa shape index (κ1) is 19.7. The number of para-hydroxylation sites is 1. The van der Waals surface area contributed by atoms with Gasteiger partial charge < -0.3 is 15.0 Å². The second kappa shape index (κ2) is 8.38. The third kappa shape index (κ3) is 4.06. The maximum absolute atomic E-state index is 12.3. The van der Waals surface area contributed by atoms with Gasteiger partial charge in [-0.3, -0.25) is 19.7 Å². The summed E-state index contributed by atoms with van der Waals surface area (Å²) >= 11 is 0.873. The summed E-state index contributed by atoms with van der Waals surface area (Å²) in [6.45, 7) is 2.87. The van der Waals surface area contributed by atoms with Crippen molar-refractivity contribution < 1.29 is 19.1 Å². The smallest absolute Gasteiger partial charge is 0.309 e. The Morgan fingerprint density at radius 2 is 2.21 bits per heavy atom. The number of carbonyl (C=O) groups excluding carboxylic acids is 3. The van der Waals surface area contributed by atoms with Gasteiger partial charge >= 0.3 is 5.97 Å². The van der Waals surface area contributed by atoms with E-state index < -0.39 is 5.91 Å². The van der Waals surface area contributed by atoms with E-state index in [4.69, 9.17) is 4.74 Å². The summed E-state index contributed by atoms with van der Waals surface area (Å²) in [7, 11) is 0. The lowest BCUT2D eigenvalue weighted by Crippen LogP contribution is -2.48. The normalized spacial score (nSPS) is 27.7. The molecule has 2 amide bonds. The molecule has 8 nitrogen and oxygen atoms in total. The Hall–Kier alpha value is -2.65. The molecule has 1 aromatic rings. The second-order valence-corrected chi connectivity index (χ2v) is 8.08. The maximum atomic E-state index is 12.3. The Kier molecular flexibility index (Phi) is 5.68. The molecule has 152 valence electrons. The summed E-state index contributed by atoms with van der Waals surface area (Å²) in [5.74, 6) is -0.752. The first-order chi connectivity index (χ1) is 14.1. The van der Waals surface area contributed by atoms with Crippen molar-refractivity contribution in [3.63, 3.8) is 0 Å². The summed E-state index contributed by atoms with van der Waals surface area (Å²) < 4.78 is 5.23. The van der Waals surface area contributed by atoms with Crippen LogP contribution in [-0.4, -0.2) is 47.5 Å². The Morgan fingerprint density at radius 1 is 1.38 bits per heavy atom. The first-order valence-electron chi connectivity index (χ1n) is 9.62. The molecule has 2 N–H and O–H groups in total. The van der Waals surface area contributed by atoms with E-state index >= 15 is 0 Å². The number of thioether (sulfide) groups is 1. The van der Waals surface area contributed by atoms with Crippen molar-refractivity contribution in [2.24, 2.45) is 10.9 Å². The monoisotopic (exact) mass is 414 g/mol. The van der Waals surface area contributed by atoms with Gasteiger partial charge in [0.1, 0.15) is 0 Å². The van der Waals surface area contributed by atoms with Gasteiger partial charge in [-0.2, -0.15) is 0 Å². The van der Waals surface area contributed by atoms with E-state index in [9.17, 15) is 14.4 Å². The van der Waals surface area contributed by atoms with Gasteiger partial charge in [0.2, 0.25) is 0 Å². The van der Waals surface area contributed by atoms with E-state index in [0.29, 0.717) is 24.5 Å². The second-order valence-electron chi connectivity index (χ2n) is 7.07. The molecule has 3 atom stereocenters. The number of esters is 1. The van der Waals surface area contributed by atoms with Crippen LogP contribution < -0.4 is 10.6 Å². The molecule has 0 spiro atoms. The molecule has 4 rings (SSSR count). The van der Waals surface area contributed by atoms with Crippen molar-refractivity contribution >= 4 is 40.9 Å². The van der Waals surface area contributed by atoms with Crippen LogP contribution in [0, 0.1) is 5.92 Å². The molecule has 3 heterocycles. The van der Waals surface area contributed by atoms with Gasteiger partial charge in [0.25, 0.3) is 11.1 Å². The fourth-order valence-electron chi connectivity index (χ4n) is 3.97. The summed E-state index contributed by atoms with van der Waals surface area (Å²) in [4.78, 5) is 42.6. The molecule has 1 aromatic carbocycles. The van der Waals surface area contributed by atoms with E-state index in [-0.39, 0.29) is 29.2 Å². The number of nitrogens with one attached hydrogen (secondary N) is 2. The lowest BCUT2D eigenvalue weighted by molar-refractivity contribution is -0.149. The lowest BCUT2D eigenvalue weighted by atomic mass is 9.84. The third-order valence-corrected chi connectivity index (χ3v) is 6.05. The van der Waals surface area contributed by atoms with Crippen LogP contribution in [0.3, 0.4) is 0 Å². The predicted molar refractivity (Wildman–Crippen MR) is 110 cm³/mol. The molecule has 0 aliphatic carbocycles. The van der Waals surface area contributed by atoms with Crippen molar-refractivity contribution in [3.8, 4) is 0 Å². The maximum Gasteiger partial charge on any atom is 0.309 e. The lowest BCUT2D eigenvalue weighted by Gasteiger charge is -2.41. The fraction of sp³-hybridized carbons (Fsp3) is 0.400. The van der Waals surface area contributed by atoms with Crippen LogP contribution in [-0.2, 0) is 14.3 Å². The standard InChI is InChI=1S/C20H22N4O4S/c1-2-28-19(26)12-7-8-21-15(9-12)17-13-5-3-4-6-14(13)22-11-24(17)10-16-18(25)23-20(27)29-16/h3-6,10-12,15,17,21H,2,7-9H2,1H3,(H,23,25,27). The average Bonchev–Trinajstić information content (AvgIpc) is 3.04. The van der Waals surface area contributed by atoms with Crippen LogP contribution >= 0.6 is 11.8 Å². The predicted octanol–water partition coefficient (Wildman–Crippen LogP) is 2.46. The molecule has 2 fully saturated rings. The quantitative estimate of drug-likeness (QED) is 0.577. The molecule has 9 heteroatoms. The summed E-state index contributed by atoms with van der Waals surface area (Å²) in [6, 6.07) is 7.60. The molecule has 2 saturated heterocycles. The zero-order valence-electron chi connectivity index (χ0n) is 16.0. The number of hydrogen-bond acceptors (Lipinski definition) is 8. The van der Waals surface area contributed by atoms with Crippen LogP contribution in [0.15, 0.2) is 40.4 Å². The van der Waals surface area contributed by atoms with Crippen LogP contribution in [0.4, 0.5) is 10.5 Å². The number of carbonyl (C=O) groups is 3. The number of rotatable bonds is 4. The van der Waals surface area contributed by atoms with Gasteiger partial charge in [-0.05, 0) is 44.1 Å². The fourth-order valence-corrected chi connectivity index (χ4v) is 4.63. The van der Waals surface area contributed by atoms with Gasteiger partial charge in [0, 0.05) is 17.8 Å². The highest BCUT2D eigenvalue weighted by molar-refractivity contribution is 8.18. The largest absolute Gasteiger partial charge is 0.466 e. The van der Waals surface area contributed by atoms with Crippen LogP contribution in [0.5, 0.6) is 0 Å². The Labute approximate surface area is 172 Å². The van der Waals surface area contributed by atoms with E-state index in [2.05, 4.69) is 15.6 Å². The minimum Gasteiger partial charge on any atom is -0.466 e. The SMILES string of the molecule is CCOC(=O)C1CCNC(C2c3ccccc3N=CN2C=C2SC(=O)NC2=O)C1. The van der Waals surface area contributed by atoms with E-state index in [0.717, 1.165) is 29.4 Å². The van der Waals surface area contributed by atoms with E-state index in [1.807, 2.05) is 36.1 Å². The Morgan fingerprint density at radius 3 is 2.97 bits per heavy atom. The molecular weight excluding hydrogens is 392 g/mol. The molecule has 0 bridgehead atoms. The number of aliphatic imine (C=N–C) groups is 1. The van der Waals surface area contributed by atoms with Gasteiger partial charge in [-0.15, -0.1) is 0 Å². The highest BCUT2D eigenvalue weighted by Gasteiger charge is 2.38. The minimum absolute atomic E-state index is 0.0481. The highest BCUT2D eigenvalue weighted by Crippen LogP contribution is 2.39. The number of amides is 2. The Bertz CT molecular complexity index is 900. The van der Waals surface area contributed by atoms with E-state index in [1.165, 1.54) is 0 Å². The zero-order chi connectivity index (χ0) is 20.4. The van der Waals surface area contributed by atoms with Gasteiger partial charge in [-0.25, -0.2) is 4.99 Å². The topological polar surface area (TPSA) is 100 Å². The number of piperidine rings is 1. The number of benzene rings is 1. The zero-order valence-corrected chi connectivity index (χ0v) is 16.8. The number of imide groups is 1. The summed E-state index contributed by atoms with van der Waals surface area (Å²) in [5, 5.41) is 5.41. The molecule has 0 radical (unpaired) electrons. The Balaban J connectivity index is 1.65. The van der Waals surface area contributed by atoms with Crippen molar-refractivity contribution in [3.05, 3.63) is 40.9 Å². The van der Waals surface area contributed by atoms with Crippen molar-refractivity contribution in [1.82, 2.24) is 15.5 Å². The molecule has 0 saturated carbocycles. The first-order valence-corrected chi connectivity index (χ1v) is 10.4. The number of ether oxygens (including phenoxy) is 1. The van der Waals surface area contributed by atoms with Gasteiger partial charge in [0.15, 0.2) is 0 Å². The van der Waals surface area contributed by atoms with Crippen LogP contribution in [0.2, 0.25) is 0 Å². The van der Waals surface area contributed by atoms with E-state index in [1.54, 1.807) is 12.5 Å². The van der Waals surface area contributed by atoms with Crippen molar-refractivity contribution in [2.75, 3.05) is 13.2 Å². The minimum atomic E-state index is -0.410. The van der Waals surface area contributed by atoms with Crippen LogP contribution in [0.25, 0.3) is 0 Å². The van der Waals surface area contributed by atoms with Crippen LogP contribution in [0.1, 0.15) is 31.4 Å². The van der Waals surface area contributed by atoms with Gasteiger partial charge in [-0.1, -0.05) is 18.2 Å². The van der Waals surface area contributed by atoms with Crippen molar-refractivity contribution in [2.45, 2.75) is 31.8 Å². The molecular formula is C20H22N4O4S. The number of fused-ring (bicyclic) bond motifs is 1. The van der Waals surface area contributed by atoms with Gasteiger partial charge in [0.05, 0.1) is 35.5 Å². The number of hydrogen-bond donors (Lipinski definition) is 2. The molecule has 3 aliphatic rings. The molecule has 29 heavy (non-hydrogen) atoms. The third-order valence-electron chi connectivity index (χ3n) is 5.25. The summed E-state index contributed by atoms with van der Waals surface area (Å²) in [6.07, 6.45) is 4.67. The molecule has 3 aliphatic heterocycles. The molecule has 3 unspecified atom stereocenters. The summed E-state index contributed by atoms with van der Waals surface area (Å²) in [5.41, 5.74) is 1.86. The number of nitrogens with zero attached hydrogens (tertiary/aromatic N) is 2. The average molecular weight is 414 g/mol.